The Hall–Kier alpha value is -3.91. The summed E-state index contributed by atoms with van der Waals surface area (Å²) in [7, 11) is 0. The monoisotopic (exact) mass is 488 g/mol. The molecule has 35 heavy (non-hydrogen) atoms. The van der Waals surface area contributed by atoms with E-state index in [1.54, 1.807) is 21.8 Å². The summed E-state index contributed by atoms with van der Waals surface area (Å²) in [5, 5.41) is 5.89. The molecule has 6 rings (SSSR count). The number of amides is 1. The average molecular weight is 489 g/mol. The maximum absolute atomic E-state index is 13.6. The van der Waals surface area contributed by atoms with Gasteiger partial charge in [-0.15, -0.1) is 0 Å². The standard InChI is InChI=1S/C26H21ClN4O4/c27-18-4-1-16(2-5-18)14-31-25-21(13-28-31)20(26(33)30-9-7-19(32)8-10-30)12-22(29-25)17-3-6-23-24(11-17)35-15-34-23/h1-6,11-13H,7-10,14-15H2. The number of carbonyl (C=O) groups is 2. The molecule has 0 aliphatic carbocycles. The van der Waals surface area contributed by atoms with Crippen LogP contribution in [0.2, 0.25) is 5.02 Å². The summed E-state index contributed by atoms with van der Waals surface area (Å²) in [5.41, 5.74) is 3.56. The molecule has 1 saturated heterocycles. The molecule has 0 saturated carbocycles. The Bertz CT molecular complexity index is 1450. The molecule has 2 aromatic carbocycles. The van der Waals surface area contributed by atoms with E-state index in [-0.39, 0.29) is 18.5 Å². The smallest absolute Gasteiger partial charge is 0.254 e. The van der Waals surface area contributed by atoms with E-state index in [0.29, 0.717) is 71.3 Å². The van der Waals surface area contributed by atoms with Gasteiger partial charge in [0.25, 0.3) is 5.91 Å². The number of hydrogen-bond acceptors (Lipinski definition) is 6. The molecule has 0 spiro atoms. The minimum absolute atomic E-state index is 0.127. The Labute approximate surface area is 206 Å². The summed E-state index contributed by atoms with van der Waals surface area (Å²) in [6.07, 6.45) is 2.44. The number of fused-ring (bicyclic) bond motifs is 2. The van der Waals surface area contributed by atoms with Crippen LogP contribution in [0.25, 0.3) is 22.3 Å². The van der Waals surface area contributed by atoms with E-state index >= 15 is 0 Å². The van der Waals surface area contributed by atoms with Gasteiger partial charge in [-0.1, -0.05) is 23.7 Å². The Morgan fingerprint density at radius 1 is 1.00 bits per heavy atom. The van der Waals surface area contributed by atoms with E-state index in [1.165, 1.54) is 0 Å². The molecule has 2 aliphatic rings. The Kier molecular flexibility index (Phi) is 5.37. The molecule has 9 heteroatoms. The number of carbonyl (C=O) groups excluding carboxylic acids is 2. The zero-order chi connectivity index (χ0) is 23.9. The molecule has 0 bridgehead atoms. The van der Waals surface area contributed by atoms with E-state index in [9.17, 15) is 9.59 Å². The van der Waals surface area contributed by atoms with Crippen LogP contribution >= 0.6 is 11.6 Å². The molecule has 176 valence electrons. The quantitative estimate of drug-likeness (QED) is 0.425. The number of pyridine rings is 1. The van der Waals surface area contributed by atoms with Crippen LogP contribution in [0.5, 0.6) is 11.5 Å². The van der Waals surface area contributed by atoms with Gasteiger partial charge in [-0.25, -0.2) is 9.67 Å². The lowest BCUT2D eigenvalue weighted by Crippen LogP contribution is -2.38. The average Bonchev–Trinajstić information content (AvgIpc) is 3.51. The Morgan fingerprint density at radius 3 is 2.57 bits per heavy atom. The molecule has 0 unspecified atom stereocenters. The number of ether oxygens (including phenoxy) is 2. The van der Waals surface area contributed by atoms with Crippen LogP contribution in [0, 0.1) is 0 Å². The minimum atomic E-state index is -0.127. The Balaban J connectivity index is 1.46. The van der Waals surface area contributed by atoms with Gasteiger partial charge >= 0.3 is 0 Å². The van der Waals surface area contributed by atoms with Crippen LogP contribution < -0.4 is 9.47 Å². The lowest BCUT2D eigenvalue weighted by Gasteiger charge is -2.26. The van der Waals surface area contributed by atoms with E-state index in [2.05, 4.69) is 5.10 Å². The first-order valence-electron chi connectivity index (χ1n) is 11.4. The van der Waals surface area contributed by atoms with Crippen molar-refractivity contribution in [3.8, 4) is 22.8 Å². The van der Waals surface area contributed by atoms with Gasteiger partial charge in [0.1, 0.15) is 5.78 Å². The SMILES string of the molecule is O=C1CCN(C(=O)c2cc(-c3ccc4c(c3)OCO4)nc3c2cnn3Cc2ccc(Cl)cc2)CC1. The summed E-state index contributed by atoms with van der Waals surface area (Å²) in [6, 6.07) is 14.9. The summed E-state index contributed by atoms with van der Waals surface area (Å²) < 4.78 is 12.8. The number of Topliss-reactive ketones (excluding diaryl/α,β-unsaturated/α-hetero) is 1. The summed E-state index contributed by atoms with van der Waals surface area (Å²) in [4.78, 5) is 31.9. The van der Waals surface area contributed by atoms with Crippen LogP contribution in [0.1, 0.15) is 28.8 Å². The van der Waals surface area contributed by atoms with Gasteiger partial charge in [0.2, 0.25) is 6.79 Å². The minimum Gasteiger partial charge on any atom is -0.454 e. The largest absolute Gasteiger partial charge is 0.454 e. The molecule has 0 atom stereocenters. The van der Waals surface area contributed by atoms with Gasteiger partial charge in [-0.2, -0.15) is 5.10 Å². The lowest BCUT2D eigenvalue weighted by molar-refractivity contribution is -0.120. The summed E-state index contributed by atoms with van der Waals surface area (Å²) >= 11 is 6.04. The predicted octanol–water partition coefficient (Wildman–Crippen LogP) is 4.33. The number of piperidine rings is 1. The number of benzene rings is 2. The van der Waals surface area contributed by atoms with Crippen LogP contribution in [0.4, 0.5) is 0 Å². The van der Waals surface area contributed by atoms with Gasteiger partial charge in [0.05, 0.1) is 29.4 Å². The van der Waals surface area contributed by atoms with Crippen LogP contribution in [0.3, 0.4) is 0 Å². The third-order valence-electron chi connectivity index (χ3n) is 6.36. The molecule has 4 aromatic rings. The third-order valence-corrected chi connectivity index (χ3v) is 6.61. The molecule has 4 heterocycles. The summed E-state index contributed by atoms with van der Waals surface area (Å²) in [6.45, 7) is 1.49. The van der Waals surface area contributed by atoms with Crippen molar-refractivity contribution in [3.63, 3.8) is 0 Å². The van der Waals surface area contributed by atoms with Crippen LogP contribution in [-0.4, -0.2) is 51.2 Å². The molecule has 0 radical (unpaired) electrons. The van der Waals surface area contributed by atoms with Gasteiger partial charge in [0.15, 0.2) is 17.1 Å². The molecule has 1 amide bonds. The molecule has 1 fully saturated rings. The highest BCUT2D eigenvalue weighted by Crippen LogP contribution is 2.36. The van der Waals surface area contributed by atoms with Crippen molar-refractivity contribution in [2.75, 3.05) is 19.9 Å². The molecular formula is C26H21ClN4O4. The van der Waals surface area contributed by atoms with Crippen molar-refractivity contribution < 1.29 is 19.1 Å². The van der Waals surface area contributed by atoms with Crippen LogP contribution in [0.15, 0.2) is 54.7 Å². The maximum Gasteiger partial charge on any atom is 0.254 e. The van der Waals surface area contributed by atoms with Gasteiger partial charge in [0, 0.05) is 36.5 Å². The number of rotatable bonds is 4. The van der Waals surface area contributed by atoms with Gasteiger partial charge in [-0.05, 0) is 42.0 Å². The van der Waals surface area contributed by atoms with Crippen molar-refractivity contribution >= 4 is 34.3 Å². The second-order valence-corrected chi connectivity index (χ2v) is 9.06. The number of aromatic nitrogens is 3. The highest BCUT2D eigenvalue weighted by molar-refractivity contribution is 6.30. The van der Waals surface area contributed by atoms with Gasteiger partial charge in [-0.3, -0.25) is 9.59 Å². The number of nitrogens with zero attached hydrogens (tertiary/aromatic N) is 4. The first-order chi connectivity index (χ1) is 17.0. The fourth-order valence-electron chi connectivity index (χ4n) is 4.44. The van der Waals surface area contributed by atoms with E-state index < -0.39 is 0 Å². The van der Waals surface area contributed by atoms with E-state index in [4.69, 9.17) is 26.1 Å². The highest BCUT2D eigenvalue weighted by Gasteiger charge is 2.26. The molecule has 2 aromatic heterocycles. The molecule has 0 N–H and O–H groups in total. The topological polar surface area (TPSA) is 86.6 Å². The Morgan fingerprint density at radius 2 is 1.77 bits per heavy atom. The van der Waals surface area contributed by atoms with Crippen molar-refractivity contribution in [2.45, 2.75) is 19.4 Å². The number of ketones is 1. The van der Waals surface area contributed by atoms with Crippen LogP contribution in [-0.2, 0) is 11.3 Å². The lowest BCUT2D eigenvalue weighted by atomic mass is 10.0. The van der Waals surface area contributed by atoms with Crippen molar-refractivity contribution in [2.24, 2.45) is 0 Å². The molecule has 8 nitrogen and oxygen atoms in total. The normalized spacial score (nSPS) is 15.1. The second kappa shape index (κ2) is 8.70. The van der Waals surface area contributed by atoms with E-state index in [0.717, 1.165) is 11.1 Å². The van der Waals surface area contributed by atoms with Crippen molar-refractivity contribution in [1.29, 1.82) is 0 Å². The zero-order valence-electron chi connectivity index (χ0n) is 18.7. The third kappa shape index (κ3) is 4.10. The number of likely N-dealkylation sites (tertiary alicyclic amines) is 1. The van der Waals surface area contributed by atoms with Gasteiger partial charge < -0.3 is 14.4 Å². The first-order valence-corrected chi connectivity index (χ1v) is 11.7. The number of halogens is 1. The predicted molar refractivity (Wildman–Crippen MR) is 130 cm³/mol. The molecular weight excluding hydrogens is 468 g/mol. The van der Waals surface area contributed by atoms with Crippen molar-refractivity contribution in [3.05, 3.63) is 70.9 Å². The van der Waals surface area contributed by atoms with E-state index in [1.807, 2.05) is 42.5 Å². The fourth-order valence-corrected chi connectivity index (χ4v) is 4.56. The second-order valence-electron chi connectivity index (χ2n) is 8.62. The van der Waals surface area contributed by atoms with Crippen molar-refractivity contribution in [1.82, 2.24) is 19.7 Å². The molecule has 2 aliphatic heterocycles. The number of hydrogen-bond donors (Lipinski definition) is 0. The maximum atomic E-state index is 13.6. The first kappa shape index (κ1) is 21.6. The fraction of sp³-hybridized carbons (Fsp3) is 0.231. The highest BCUT2D eigenvalue weighted by atomic mass is 35.5. The summed E-state index contributed by atoms with van der Waals surface area (Å²) in [5.74, 6) is 1.38. The zero-order valence-corrected chi connectivity index (χ0v) is 19.5.